The highest BCUT2D eigenvalue weighted by Crippen LogP contribution is 2.17. The van der Waals surface area contributed by atoms with E-state index in [0.717, 1.165) is 70.6 Å². The monoisotopic (exact) mass is 929 g/mol. The number of hydrogen-bond acceptors (Lipinski definition) is 6. The molecular weight excluding hydrogens is 817 g/mol. The largest absolute Gasteiger partial charge is 0.462 e. The van der Waals surface area contributed by atoms with Crippen LogP contribution in [0, 0.1) is 0 Å². The molecule has 6 nitrogen and oxygen atoms in total. The van der Waals surface area contributed by atoms with Crippen molar-refractivity contribution in [1.29, 1.82) is 0 Å². The lowest BCUT2D eigenvalue weighted by molar-refractivity contribution is -0.167. The van der Waals surface area contributed by atoms with E-state index in [1.807, 2.05) is 0 Å². The molecule has 0 heterocycles. The third kappa shape index (κ3) is 52.9. The molecule has 0 spiro atoms. The fourth-order valence-corrected chi connectivity index (χ4v) is 8.73. The van der Waals surface area contributed by atoms with Gasteiger partial charge >= 0.3 is 17.9 Å². The molecule has 0 amide bonds. The summed E-state index contributed by atoms with van der Waals surface area (Å²) in [5.74, 6) is -0.869. The van der Waals surface area contributed by atoms with Crippen LogP contribution in [0.5, 0.6) is 0 Å². The van der Waals surface area contributed by atoms with Crippen molar-refractivity contribution in [2.45, 2.75) is 329 Å². The number of carbonyl (C=O) groups excluding carboxylic acids is 3. The zero-order chi connectivity index (χ0) is 47.9. The Morgan fingerprint density at radius 1 is 0.288 bits per heavy atom. The van der Waals surface area contributed by atoms with Crippen LogP contribution in [-0.4, -0.2) is 37.2 Å². The highest BCUT2D eigenvalue weighted by atomic mass is 16.6. The highest BCUT2D eigenvalue weighted by Gasteiger charge is 2.19. The zero-order valence-corrected chi connectivity index (χ0v) is 44.5. The lowest BCUT2D eigenvalue weighted by atomic mass is 10.0. The van der Waals surface area contributed by atoms with Crippen molar-refractivity contribution in [2.24, 2.45) is 0 Å². The van der Waals surface area contributed by atoms with Crippen LogP contribution in [-0.2, 0) is 28.6 Å². The SMILES string of the molecule is CCCCCCCC/C=C\CCCCCCCC(=O)OC[C@H](COC(=O)CCCCCCCCCCCCCCCCCCCC)OC(=O)CCCCCCC/C=C\CCCCCCCC. The summed E-state index contributed by atoms with van der Waals surface area (Å²) in [6, 6.07) is 0. The summed E-state index contributed by atoms with van der Waals surface area (Å²) in [6.07, 6.45) is 64.5. The molecule has 0 aliphatic rings. The highest BCUT2D eigenvalue weighted by molar-refractivity contribution is 5.71. The van der Waals surface area contributed by atoms with Gasteiger partial charge in [0, 0.05) is 19.3 Å². The Balaban J connectivity index is 4.34. The van der Waals surface area contributed by atoms with Gasteiger partial charge in [-0.2, -0.15) is 0 Å². The third-order valence-electron chi connectivity index (χ3n) is 13.2. The van der Waals surface area contributed by atoms with E-state index in [0.29, 0.717) is 19.3 Å². The van der Waals surface area contributed by atoms with Crippen LogP contribution in [0.4, 0.5) is 0 Å². The van der Waals surface area contributed by atoms with Crippen molar-refractivity contribution in [3.8, 4) is 0 Å². The minimum absolute atomic E-state index is 0.0727. The van der Waals surface area contributed by atoms with Gasteiger partial charge in [0.15, 0.2) is 6.10 Å². The van der Waals surface area contributed by atoms with Crippen molar-refractivity contribution in [1.82, 2.24) is 0 Å². The smallest absolute Gasteiger partial charge is 0.306 e. The van der Waals surface area contributed by atoms with Crippen LogP contribution in [0.25, 0.3) is 0 Å². The Bertz CT molecular complexity index is 1070. The molecule has 0 fully saturated rings. The van der Waals surface area contributed by atoms with E-state index in [4.69, 9.17) is 14.2 Å². The molecule has 0 radical (unpaired) electrons. The average Bonchev–Trinajstić information content (AvgIpc) is 3.31. The molecule has 66 heavy (non-hydrogen) atoms. The zero-order valence-electron chi connectivity index (χ0n) is 44.5. The Morgan fingerprint density at radius 2 is 0.500 bits per heavy atom. The fraction of sp³-hybridized carbons (Fsp3) is 0.883. The molecule has 0 aromatic rings. The maximum atomic E-state index is 12.8. The first-order valence-corrected chi connectivity index (χ1v) is 29.3. The van der Waals surface area contributed by atoms with Gasteiger partial charge in [-0.05, 0) is 70.6 Å². The van der Waals surface area contributed by atoms with Crippen LogP contribution in [0.3, 0.4) is 0 Å². The van der Waals surface area contributed by atoms with Gasteiger partial charge in [-0.1, -0.05) is 257 Å². The third-order valence-corrected chi connectivity index (χ3v) is 13.2. The van der Waals surface area contributed by atoms with E-state index in [-0.39, 0.29) is 31.1 Å². The molecule has 388 valence electrons. The summed E-state index contributed by atoms with van der Waals surface area (Å²) in [6.45, 7) is 6.67. The van der Waals surface area contributed by atoms with Crippen LogP contribution < -0.4 is 0 Å². The first kappa shape index (κ1) is 63.9. The number of hydrogen-bond donors (Lipinski definition) is 0. The van der Waals surface area contributed by atoms with Crippen LogP contribution in [0.15, 0.2) is 24.3 Å². The maximum Gasteiger partial charge on any atom is 0.306 e. The van der Waals surface area contributed by atoms with Crippen LogP contribution in [0.1, 0.15) is 323 Å². The molecule has 0 aliphatic carbocycles. The molecule has 0 N–H and O–H groups in total. The van der Waals surface area contributed by atoms with E-state index < -0.39 is 6.10 Å². The molecule has 0 saturated carbocycles. The molecule has 0 aliphatic heterocycles. The van der Waals surface area contributed by atoms with E-state index in [9.17, 15) is 14.4 Å². The minimum atomic E-state index is -0.775. The van der Waals surface area contributed by atoms with Crippen molar-refractivity contribution >= 4 is 17.9 Å². The summed E-state index contributed by atoms with van der Waals surface area (Å²) in [5, 5.41) is 0. The van der Waals surface area contributed by atoms with E-state index >= 15 is 0 Å². The molecule has 0 saturated heterocycles. The molecular formula is C60H112O6. The molecule has 0 unspecified atom stereocenters. The number of ether oxygens (including phenoxy) is 3. The van der Waals surface area contributed by atoms with Gasteiger partial charge in [0.05, 0.1) is 0 Å². The predicted molar refractivity (Wildman–Crippen MR) is 284 cm³/mol. The maximum absolute atomic E-state index is 12.8. The Hall–Kier alpha value is -2.11. The van der Waals surface area contributed by atoms with E-state index in [2.05, 4.69) is 45.1 Å². The Labute approximate surface area is 411 Å². The summed E-state index contributed by atoms with van der Waals surface area (Å²) in [7, 11) is 0. The second-order valence-electron chi connectivity index (χ2n) is 19.9. The Morgan fingerprint density at radius 3 is 0.758 bits per heavy atom. The van der Waals surface area contributed by atoms with Gasteiger partial charge in [-0.25, -0.2) is 0 Å². The summed E-state index contributed by atoms with van der Waals surface area (Å²) in [5.41, 5.74) is 0. The van der Waals surface area contributed by atoms with Crippen molar-refractivity contribution < 1.29 is 28.6 Å². The lowest BCUT2D eigenvalue weighted by Crippen LogP contribution is -2.30. The number of unbranched alkanes of at least 4 members (excludes halogenated alkanes) is 39. The number of rotatable bonds is 54. The Kier molecular flexibility index (Phi) is 53.7. The lowest BCUT2D eigenvalue weighted by Gasteiger charge is -2.18. The number of esters is 3. The molecule has 6 heteroatoms. The van der Waals surface area contributed by atoms with Crippen LogP contribution in [0.2, 0.25) is 0 Å². The van der Waals surface area contributed by atoms with E-state index in [1.54, 1.807) is 0 Å². The van der Waals surface area contributed by atoms with Gasteiger partial charge in [0.2, 0.25) is 0 Å². The summed E-state index contributed by atoms with van der Waals surface area (Å²) < 4.78 is 16.9. The normalized spacial score (nSPS) is 12.1. The quantitative estimate of drug-likeness (QED) is 0.0262. The minimum Gasteiger partial charge on any atom is -0.462 e. The van der Waals surface area contributed by atoms with Gasteiger partial charge in [0.25, 0.3) is 0 Å². The number of allylic oxidation sites excluding steroid dienone is 4. The topological polar surface area (TPSA) is 78.9 Å². The standard InChI is InChI=1S/C60H112O6/c1-4-7-10-13-16-19-22-25-28-29-30-33-35-38-41-44-47-50-53-59(62)65-56-57(66-60(63)54-51-48-45-42-39-36-32-27-24-21-18-15-12-9-6-3)55-64-58(61)52-49-46-43-40-37-34-31-26-23-20-17-14-11-8-5-2/h26-27,31-32,57H,4-25,28-30,33-56H2,1-3H3/b31-26-,32-27-/t57-/m1/s1. The second-order valence-corrected chi connectivity index (χ2v) is 19.9. The number of carbonyl (C=O) groups is 3. The molecule has 0 rings (SSSR count). The van der Waals surface area contributed by atoms with Crippen molar-refractivity contribution in [3.05, 3.63) is 24.3 Å². The molecule has 1 atom stereocenters. The van der Waals surface area contributed by atoms with Gasteiger partial charge in [-0.15, -0.1) is 0 Å². The van der Waals surface area contributed by atoms with Crippen LogP contribution >= 0.6 is 0 Å². The fourth-order valence-electron chi connectivity index (χ4n) is 8.73. The van der Waals surface area contributed by atoms with Crippen molar-refractivity contribution in [2.75, 3.05) is 13.2 Å². The van der Waals surface area contributed by atoms with Crippen molar-refractivity contribution in [3.63, 3.8) is 0 Å². The van der Waals surface area contributed by atoms with Gasteiger partial charge < -0.3 is 14.2 Å². The predicted octanol–water partition coefficient (Wildman–Crippen LogP) is 19.5. The molecule has 0 bridgehead atoms. The average molecular weight is 930 g/mol. The molecule has 0 aromatic carbocycles. The summed E-state index contributed by atoms with van der Waals surface area (Å²) >= 11 is 0. The second kappa shape index (κ2) is 55.5. The summed E-state index contributed by atoms with van der Waals surface area (Å²) in [4.78, 5) is 38.1. The van der Waals surface area contributed by atoms with Gasteiger partial charge in [-0.3, -0.25) is 14.4 Å². The van der Waals surface area contributed by atoms with E-state index in [1.165, 1.54) is 212 Å². The first-order valence-electron chi connectivity index (χ1n) is 29.3. The molecule has 0 aromatic heterocycles. The first-order chi connectivity index (χ1) is 32.5. The van der Waals surface area contributed by atoms with Gasteiger partial charge in [0.1, 0.15) is 13.2 Å².